The zero-order valence-electron chi connectivity index (χ0n) is 23.7. The van der Waals surface area contributed by atoms with Gasteiger partial charge in [0.2, 0.25) is 5.91 Å². The summed E-state index contributed by atoms with van der Waals surface area (Å²) in [4.78, 5) is 35.6. The number of benzene rings is 2. The predicted molar refractivity (Wildman–Crippen MR) is 164 cm³/mol. The van der Waals surface area contributed by atoms with Crippen LogP contribution in [0.1, 0.15) is 34.0 Å². The second-order valence-electron chi connectivity index (χ2n) is 9.74. The van der Waals surface area contributed by atoms with Crippen molar-refractivity contribution < 1.29 is 14.3 Å². The van der Waals surface area contributed by atoms with E-state index in [1.54, 1.807) is 48.8 Å². The molecule has 1 amide bonds. The summed E-state index contributed by atoms with van der Waals surface area (Å²) in [5.74, 6) is 6.62. The molecule has 2 aromatic heterocycles. The van der Waals surface area contributed by atoms with Gasteiger partial charge in [0, 0.05) is 60.2 Å². The highest BCUT2D eigenvalue weighted by molar-refractivity contribution is 6.35. The maximum Gasteiger partial charge on any atom is 0.248 e. The largest absolute Gasteiger partial charge is 0.494 e. The SMILES string of the molecule is COc1cc2ncc(C#N)c(N(N)c3ccc(C(C)=O)c(Cl)c3Cc3cccnc3)c2cc1NC(=O)C=CCN(C)C. The van der Waals surface area contributed by atoms with Gasteiger partial charge in [0.15, 0.2) is 5.78 Å². The molecule has 0 atom stereocenters. The first kappa shape index (κ1) is 30.1. The highest BCUT2D eigenvalue weighted by atomic mass is 35.5. The highest BCUT2D eigenvalue weighted by Crippen LogP contribution is 2.40. The summed E-state index contributed by atoms with van der Waals surface area (Å²) >= 11 is 6.79. The average Bonchev–Trinajstić information content (AvgIpc) is 2.97. The number of nitrogens with one attached hydrogen (secondary N) is 1. The van der Waals surface area contributed by atoms with Crippen LogP contribution >= 0.6 is 11.6 Å². The highest BCUT2D eigenvalue weighted by Gasteiger charge is 2.23. The first-order valence-corrected chi connectivity index (χ1v) is 13.3. The molecule has 214 valence electrons. The molecule has 4 rings (SSSR count). The number of amides is 1. The number of Topliss-reactive ketones (excluding diaryl/α,β-unsaturated/α-hetero) is 1. The number of pyridine rings is 2. The molecule has 3 N–H and O–H groups in total. The average molecular weight is 584 g/mol. The molecule has 0 fully saturated rings. The minimum Gasteiger partial charge on any atom is -0.494 e. The Labute approximate surface area is 249 Å². The van der Waals surface area contributed by atoms with Crippen LogP contribution in [0.2, 0.25) is 5.02 Å². The van der Waals surface area contributed by atoms with Crippen LogP contribution in [0.25, 0.3) is 10.9 Å². The van der Waals surface area contributed by atoms with Crippen LogP contribution in [0, 0.1) is 11.3 Å². The number of carbonyl (C=O) groups excluding carboxylic acids is 2. The smallest absolute Gasteiger partial charge is 0.248 e. The van der Waals surface area contributed by atoms with Crippen LogP contribution in [0.15, 0.2) is 67.1 Å². The predicted octanol–water partition coefficient (Wildman–Crippen LogP) is 5.02. The molecule has 0 aliphatic heterocycles. The van der Waals surface area contributed by atoms with Crippen LogP contribution in [-0.2, 0) is 11.2 Å². The molecule has 0 saturated carbocycles. The van der Waals surface area contributed by atoms with Crippen LogP contribution in [0.4, 0.5) is 17.1 Å². The van der Waals surface area contributed by atoms with E-state index in [4.69, 9.17) is 22.2 Å². The van der Waals surface area contributed by atoms with Gasteiger partial charge in [-0.25, -0.2) is 5.84 Å². The van der Waals surface area contributed by atoms with E-state index in [1.165, 1.54) is 31.3 Å². The molecule has 0 aliphatic carbocycles. The Morgan fingerprint density at radius 1 is 1.21 bits per heavy atom. The number of methoxy groups -OCH3 is 1. The number of nitrogens with zero attached hydrogens (tertiary/aromatic N) is 5. The lowest BCUT2D eigenvalue weighted by Gasteiger charge is -2.26. The van der Waals surface area contributed by atoms with Crippen molar-refractivity contribution in [3.05, 3.63) is 94.4 Å². The van der Waals surface area contributed by atoms with E-state index in [2.05, 4.69) is 21.4 Å². The first-order valence-electron chi connectivity index (χ1n) is 12.9. The number of hydrogen-bond donors (Lipinski definition) is 2. The van der Waals surface area contributed by atoms with Gasteiger partial charge in [0.1, 0.15) is 11.8 Å². The van der Waals surface area contributed by atoms with Gasteiger partial charge < -0.3 is 15.0 Å². The van der Waals surface area contributed by atoms with Crippen LogP contribution < -0.4 is 20.9 Å². The van der Waals surface area contributed by atoms with Gasteiger partial charge >= 0.3 is 0 Å². The second-order valence-corrected chi connectivity index (χ2v) is 10.1. The Morgan fingerprint density at radius 3 is 2.64 bits per heavy atom. The topological polar surface area (TPSA) is 137 Å². The third-order valence-corrected chi connectivity index (χ3v) is 6.91. The van der Waals surface area contributed by atoms with Gasteiger partial charge in [0.05, 0.1) is 40.3 Å². The monoisotopic (exact) mass is 583 g/mol. The molecule has 0 bridgehead atoms. The molecule has 10 nitrogen and oxygen atoms in total. The lowest BCUT2D eigenvalue weighted by atomic mass is 9.99. The van der Waals surface area contributed by atoms with Gasteiger partial charge in [-0.1, -0.05) is 23.7 Å². The molecular weight excluding hydrogens is 554 g/mol. The Morgan fingerprint density at radius 2 is 2.00 bits per heavy atom. The summed E-state index contributed by atoms with van der Waals surface area (Å²) in [6.07, 6.45) is 8.30. The number of aromatic nitrogens is 2. The number of carbonyl (C=O) groups is 2. The van der Waals surface area contributed by atoms with Crippen LogP contribution in [-0.4, -0.2) is 54.3 Å². The van der Waals surface area contributed by atoms with Crippen molar-refractivity contribution in [1.29, 1.82) is 5.26 Å². The van der Waals surface area contributed by atoms with E-state index in [0.717, 1.165) is 5.56 Å². The number of likely N-dealkylation sites (N-methyl/N-ethyl adjacent to an activating group) is 1. The second kappa shape index (κ2) is 13.2. The fourth-order valence-electron chi connectivity index (χ4n) is 4.46. The van der Waals surface area contributed by atoms with E-state index in [0.29, 0.717) is 57.8 Å². The number of fused-ring (bicyclic) bond motifs is 1. The number of nitrogens with two attached hydrogens (primary N) is 1. The molecule has 0 saturated heterocycles. The van der Waals surface area contributed by atoms with Gasteiger partial charge in [0.25, 0.3) is 0 Å². The van der Waals surface area contributed by atoms with E-state index < -0.39 is 0 Å². The molecule has 42 heavy (non-hydrogen) atoms. The minimum absolute atomic E-state index is 0.192. The molecule has 11 heteroatoms. The molecule has 0 spiro atoms. The lowest BCUT2D eigenvalue weighted by Crippen LogP contribution is -2.28. The molecule has 2 aromatic carbocycles. The number of nitriles is 1. The molecule has 4 aromatic rings. The Kier molecular flexibility index (Phi) is 9.49. The van der Waals surface area contributed by atoms with Crippen molar-refractivity contribution in [2.24, 2.45) is 5.84 Å². The molecule has 0 radical (unpaired) electrons. The van der Waals surface area contributed by atoms with Crippen molar-refractivity contribution in [3.8, 4) is 11.8 Å². The maximum atomic E-state index is 12.7. The van der Waals surface area contributed by atoms with Crippen molar-refractivity contribution in [2.45, 2.75) is 13.3 Å². The lowest BCUT2D eigenvalue weighted by molar-refractivity contribution is -0.111. The van der Waals surface area contributed by atoms with Gasteiger partial charge in [-0.2, -0.15) is 5.26 Å². The summed E-state index contributed by atoms with van der Waals surface area (Å²) in [5, 5.41) is 15.0. The number of rotatable bonds is 10. The number of halogens is 1. The van der Waals surface area contributed by atoms with E-state index in [1.807, 2.05) is 25.1 Å². The zero-order valence-corrected chi connectivity index (χ0v) is 24.4. The summed E-state index contributed by atoms with van der Waals surface area (Å²) in [7, 11) is 5.29. The number of ketones is 1. The summed E-state index contributed by atoms with van der Waals surface area (Å²) in [6.45, 7) is 2.04. The summed E-state index contributed by atoms with van der Waals surface area (Å²) < 4.78 is 5.52. The van der Waals surface area contributed by atoms with Crippen LogP contribution in [0.5, 0.6) is 5.75 Å². The van der Waals surface area contributed by atoms with Gasteiger partial charge in [-0.3, -0.25) is 24.6 Å². The van der Waals surface area contributed by atoms with Crippen molar-refractivity contribution in [1.82, 2.24) is 14.9 Å². The van der Waals surface area contributed by atoms with Crippen molar-refractivity contribution >= 4 is 51.3 Å². The molecular formula is C31H30ClN7O3. The van der Waals surface area contributed by atoms with Gasteiger partial charge in [-0.15, -0.1) is 0 Å². The number of anilines is 3. The van der Waals surface area contributed by atoms with E-state index in [-0.39, 0.29) is 22.3 Å². The third-order valence-electron chi connectivity index (χ3n) is 6.48. The quantitative estimate of drug-likeness (QED) is 0.114. The first-order chi connectivity index (χ1) is 20.1. The normalized spacial score (nSPS) is 11.1. The Bertz CT molecular complexity index is 1720. The number of hydrazine groups is 1. The summed E-state index contributed by atoms with van der Waals surface area (Å²) in [5.41, 5.74) is 3.65. The minimum atomic E-state index is -0.351. The third kappa shape index (κ3) is 6.56. The van der Waals surface area contributed by atoms with Crippen LogP contribution in [0.3, 0.4) is 0 Å². The van der Waals surface area contributed by atoms with Crippen molar-refractivity contribution in [3.63, 3.8) is 0 Å². The standard InChI is InChI=1S/C31H30ClN7O3/c1-19(40)22-9-10-27(24(30(22)32)13-20-7-5-11-35-17-20)39(34)31-21(16-33)18-36-25-15-28(42-4)26(14-23(25)31)37-29(41)8-6-12-38(2)3/h5-11,14-15,17-18H,12-13,34H2,1-4H3,(H,37,41). The Balaban J connectivity index is 1.88. The fourth-order valence-corrected chi connectivity index (χ4v) is 4.82. The zero-order chi connectivity index (χ0) is 30.4. The fraction of sp³-hybridized carbons (Fsp3) is 0.194. The van der Waals surface area contributed by atoms with Gasteiger partial charge in [-0.05, 0) is 50.8 Å². The molecule has 0 unspecified atom stereocenters. The Hall–Kier alpha value is -4.82. The number of ether oxygens (including phenoxy) is 1. The van der Waals surface area contributed by atoms with E-state index in [9.17, 15) is 14.9 Å². The molecule has 2 heterocycles. The maximum absolute atomic E-state index is 12.7. The summed E-state index contributed by atoms with van der Waals surface area (Å²) in [6, 6.07) is 12.5. The van der Waals surface area contributed by atoms with E-state index >= 15 is 0 Å². The van der Waals surface area contributed by atoms with Crippen molar-refractivity contribution in [2.75, 3.05) is 38.1 Å². The number of hydrogen-bond acceptors (Lipinski definition) is 9. The molecule has 0 aliphatic rings.